The number of methoxy groups -OCH3 is 1. The van der Waals surface area contributed by atoms with Crippen molar-refractivity contribution in [2.75, 3.05) is 31.3 Å². The van der Waals surface area contributed by atoms with Gasteiger partial charge in [0.15, 0.2) is 0 Å². The highest BCUT2D eigenvalue weighted by molar-refractivity contribution is 7.92. The maximum atomic E-state index is 13.9. The molecule has 0 aromatic heterocycles. The number of anilines is 1. The molecule has 0 bridgehead atoms. The molecule has 0 saturated carbocycles. The van der Waals surface area contributed by atoms with Crippen LogP contribution >= 0.6 is 0 Å². The zero-order valence-corrected chi connectivity index (χ0v) is 22.4. The molecule has 196 valence electrons. The number of amides is 2. The molecule has 0 radical (unpaired) electrons. The van der Waals surface area contributed by atoms with Gasteiger partial charge >= 0.3 is 0 Å². The van der Waals surface area contributed by atoms with Gasteiger partial charge in [0.1, 0.15) is 18.3 Å². The molecular formula is C28H33N3O5S. The SMILES string of the molecule is CNC(=O)C(Cc1ccccc1)N(Cc1cccc(OC)c1)C(=O)CN(c1ccccc1C)S(C)(=O)=O. The fraction of sp³-hybridized carbons (Fsp3) is 0.286. The number of hydrogen-bond acceptors (Lipinski definition) is 5. The summed E-state index contributed by atoms with van der Waals surface area (Å²) in [7, 11) is -0.727. The number of hydrogen-bond donors (Lipinski definition) is 1. The minimum Gasteiger partial charge on any atom is -0.497 e. The molecule has 37 heavy (non-hydrogen) atoms. The standard InChI is InChI=1S/C28H33N3O5S/c1-21-11-8-9-16-25(21)31(37(4,34)35)20-27(32)30(19-23-14-10-15-24(17-23)36-3)26(28(33)29-2)18-22-12-6-5-7-13-22/h5-17,26H,18-20H2,1-4H3,(H,29,33). The van der Waals surface area contributed by atoms with Gasteiger partial charge in [-0.1, -0.05) is 60.7 Å². The fourth-order valence-corrected chi connectivity index (χ4v) is 5.03. The van der Waals surface area contributed by atoms with E-state index < -0.39 is 28.5 Å². The third-order valence-corrected chi connectivity index (χ3v) is 7.19. The van der Waals surface area contributed by atoms with Gasteiger partial charge in [0.25, 0.3) is 0 Å². The van der Waals surface area contributed by atoms with Crippen LogP contribution in [0.5, 0.6) is 5.75 Å². The van der Waals surface area contributed by atoms with Gasteiger partial charge in [0.2, 0.25) is 21.8 Å². The van der Waals surface area contributed by atoms with Crippen molar-refractivity contribution >= 4 is 27.5 Å². The van der Waals surface area contributed by atoms with E-state index in [0.29, 0.717) is 17.0 Å². The highest BCUT2D eigenvalue weighted by Gasteiger charge is 2.32. The van der Waals surface area contributed by atoms with Crippen LogP contribution in [0, 0.1) is 6.92 Å². The van der Waals surface area contributed by atoms with Gasteiger partial charge in [0, 0.05) is 20.0 Å². The second-order valence-electron chi connectivity index (χ2n) is 8.75. The topological polar surface area (TPSA) is 96.0 Å². The largest absolute Gasteiger partial charge is 0.497 e. The third-order valence-electron chi connectivity index (χ3n) is 6.07. The lowest BCUT2D eigenvalue weighted by atomic mass is 10.0. The van der Waals surface area contributed by atoms with E-state index in [-0.39, 0.29) is 18.9 Å². The van der Waals surface area contributed by atoms with Crippen LogP contribution in [0.2, 0.25) is 0 Å². The van der Waals surface area contributed by atoms with Gasteiger partial charge in [-0.2, -0.15) is 0 Å². The molecule has 3 aromatic carbocycles. The van der Waals surface area contributed by atoms with Crippen LogP contribution < -0.4 is 14.4 Å². The summed E-state index contributed by atoms with van der Waals surface area (Å²) < 4.78 is 32.0. The number of carbonyl (C=O) groups is 2. The Kier molecular flexibility index (Phi) is 9.30. The van der Waals surface area contributed by atoms with E-state index in [4.69, 9.17) is 4.74 Å². The molecule has 3 aromatic rings. The van der Waals surface area contributed by atoms with Crippen molar-refractivity contribution in [2.24, 2.45) is 0 Å². The average Bonchev–Trinajstić information content (AvgIpc) is 2.89. The number of para-hydroxylation sites is 1. The van der Waals surface area contributed by atoms with Crippen molar-refractivity contribution in [3.05, 3.63) is 95.6 Å². The van der Waals surface area contributed by atoms with Crippen LogP contribution in [-0.4, -0.2) is 58.1 Å². The second-order valence-corrected chi connectivity index (χ2v) is 10.7. The molecule has 0 heterocycles. The highest BCUT2D eigenvalue weighted by atomic mass is 32.2. The van der Waals surface area contributed by atoms with Crippen LogP contribution in [0.15, 0.2) is 78.9 Å². The Hall–Kier alpha value is -3.85. The first-order valence-corrected chi connectivity index (χ1v) is 13.7. The Bertz CT molecular complexity index is 1330. The average molecular weight is 524 g/mol. The van der Waals surface area contributed by atoms with Gasteiger partial charge < -0.3 is 15.0 Å². The first-order valence-electron chi connectivity index (χ1n) is 11.8. The van der Waals surface area contributed by atoms with Crippen LogP contribution in [0.3, 0.4) is 0 Å². The van der Waals surface area contributed by atoms with Gasteiger partial charge in [-0.05, 0) is 41.8 Å². The number of carbonyl (C=O) groups excluding carboxylic acids is 2. The first kappa shape index (κ1) is 27.7. The summed E-state index contributed by atoms with van der Waals surface area (Å²) in [5.41, 5.74) is 2.75. The van der Waals surface area contributed by atoms with E-state index in [1.54, 1.807) is 56.5 Å². The van der Waals surface area contributed by atoms with Crippen LogP contribution in [-0.2, 0) is 32.6 Å². The van der Waals surface area contributed by atoms with Crippen LogP contribution in [0.1, 0.15) is 16.7 Å². The van der Waals surface area contributed by atoms with Gasteiger partial charge in [-0.15, -0.1) is 0 Å². The molecule has 0 aliphatic rings. The number of likely N-dealkylation sites (N-methyl/N-ethyl adjacent to an activating group) is 1. The number of nitrogens with zero attached hydrogens (tertiary/aromatic N) is 2. The Morgan fingerprint density at radius 1 is 0.946 bits per heavy atom. The number of sulfonamides is 1. The Morgan fingerprint density at radius 3 is 2.22 bits per heavy atom. The molecule has 8 nitrogen and oxygen atoms in total. The lowest BCUT2D eigenvalue weighted by Crippen LogP contribution is -2.53. The van der Waals surface area contributed by atoms with E-state index in [0.717, 1.165) is 21.7 Å². The zero-order valence-electron chi connectivity index (χ0n) is 21.5. The lowest BCUT2D eigenvalue weighted by molar-refractivity contribution is -0.139. The molecule has 3 rings (SSSR count). The predicted octanol–water partition coefficient (Wildman–Crippen LogP) is 3.16. The molecule has 0 aliphatic heterocycles. The Labute approximate surface area is 218 Å². The predicted molar refractivity (Wildman–Crippen MR) is 145 cm³/mol. The minimum atomic E-state index is -3.80. The molecule has 0 spiro atoms. The molecular weight excluding hydrogens is 490 g/mol. The molecule has 0 aliphatic carbocycles. The molecule has 1 N–H and O–H groups in total. The molecule has 9 heteroatoms. The molecule has 1 atom stereocenters. The van der Waals surface area contributed by atoms with E-state index in [2.05, 4.69) is 5.32 Å². The summed E-state index contributed by atoms with van der Waals surface area (Å²) in [6.07, 6.45) is 1.33. The van der Waals surface area contributed by atoms with Gasteiger partial charge in [-0.3, -0.25) is 13.9 Å². The quantitative estimate of drug-likeness (QED) is 0.417. The van der Waals surface area contributed by atoms with Crippen molar-refractivity contribution in [3.63, 3.8) is 0 Å². The van der Waals surface area contributed by atoms with Crippen molar-refractivity contribution in [1.29, 1.82) is 0 Å². The zero-order chi connectivity index (χ0) is 27.0. The molecule has 0 fully saturated rings. The van der Waals surface area contributed by atoms with E-state index in [9.17, 15) is 18.0 Å². The highest BCUT2D eigenvalue weighted by Crippen LogP contribution is 2.24. The third kappa shape index (κ3) is 7.33. The maximum Gasteiger partial charge on any atom is 0.244 e. The summed E-state index contributed by atoms with van der Waals surface area (Å²) in [4.78, 5) is 28.5. The smallest absolute Gasteiger partial charge is 0.244 e. The van der Waals surface area contributed by atoms with E-state index in [1.165, 1.54) is 11.9 Å². The maximum absolute atomic E-state index is 13.9. The Balaban J connectivity index is 2.04. The fourth-order valence-electron chi connectivity index (χ4n) is 4.13. The molecule has 0 saturated heterocycles. The number of rotatable bonds is 11. The number of ether oxygens (including phenoxy) is 1. The number of benzene rings is 3. The van der Waals surface area contributed by atoms with Crippen molar-refractivity contribution in [2.45, 2.75) is 25.9 Å². The monoisotopic (exact) mass is 523 g/mol. The van der Waals surface area contributed by atoms with Crippen LogP contribution in [0.4, 0.5) is 5.69 Å². The second kappa shape index (κ2) is 12.4. The van der Waals surface area contributed by atoms with Crippen molar-refractivity contribution in [3.8, 4) is 5.75 Å². The summed E-state index contributed by atoms with van der Waals surface area (Å²) in [5.74, 6) is -0.231. The minimum absolute atomic E-state index is 0.0896. The number of nitrogens with one attached hydrogen (secondary N) is 1. The van der Waals surface area contributed by atoms with E-state index in [1.807, 2.05) is 36.4 Å². The van der Waals surface area contributed by atoms with Gasteiger partial charge in [0.05, 0.1) is 19.1 Å². The van der Waals surface area contributed by atoms with Gasteiger partial charge in [-0.25, -0.2) is 8.42 Å². The lowest BCUT2D eigenvalue weighted by Gasteiger charge is -2.33. The van der Waals surface area contributed by atoms with Crippen molar-refractivity contribution < 1.29 is 22.7 Å². The Morgan fingerprint density at radius 2 is 1.59 bits per heavy atom. The number of aryl methyl sites for hydroxylation is 1. The normalized spacial score (nSPS) is 11.9. The molecule has 1 unspecified atom stereocenters. The summed E-state index contributed by atoms with van der Waals surface area (Å²) in [6, 6.07) is 22.7. The molecule has 2 amide bonds. The first-order chi connectivity index (χ1) is 17.6. The van der Waals surface area contributed by atoms with Crippen LogP contribution in [0.25, 0.3) is 0 Å². The van der Waals surface area contributed by atoms with Crippen molar-refractivity contribution in [1.82, 2.24) is 10.2 Å². The summed E-state index contributed by atoms with van der Waals surface area (Å²) >= 11 is 0. The summed E-state index contributed by atoms with van der Waals surface area (Å²) in [6.45, 7) is 1.43. The van der Waals surface area contributed by atoms with E-state index >= 15 is 0 Å². The summed E-state index contributed by atoms with van der Waals surface area (Å²) in [5, 5.41) is 2.66.